The third-order valence-corrected chi connectivity index (χ3v) is 3.80. The van der Waals surface area contributed by atoms with E-state index in [2.05, 4.69) is 23.4 Å². The van der Waals surface area contributed by atoms with Crippen molar-refractivity contribution < 1.29 is 19.5 Å². The number of nitrogens with one attached hydrogen (secondary N) is 1. The highest BCUT2D eigenvalue weighted by molar-refractivity contribution is 5.89. The lowest BCUT2D eigenvalue weighted by atomic mass is 10.0. The highest BCUT2D eigenvalue weighted by atomic mass is 16.7. The Kier molecular flexibility index (Phi) is 4.73. The van der Waals surface area contributed by atoms with Crippen molar-refractivity contribution >= 4 is 22.7 Å². The van der Waals surface area contributed by atoms with Gasteiger partial charge in [-0.1, -0.05) is 47.6 Å². The van der Waals surface area contributed by atoms with E-state index in [-0.39, 0.29) is 0 Å². The highest BCUT2D eigenvalue weighted by Crippen LogP contribution is 2.18. The first-order valence-electron chi connectivity index (χ1n) is 7.61. The van der Waals surface area contributed by atoms with Gasteiger partial charge in [-0.25, -0.2) is 9.63 Å². The van der Waals surface area contributed by atoms with Gasteiger partial charge in [-0.05, 0) is 16.3 Å². The molecule has 6 heteroatoms. The van der Waals surface area contributed by atoms with Crippen molar-refractivity contribution in [1.29, 1.82) is 0 Å². The van der Waals surface area contributed by atoms with Crippen molar-refractivity contribution in [3.63, 3.8) is 0 Å². The summed E-state index contributed by atoms with van der Waals surface area (Å²) in [5.41, 5.74) is 7.04. The zero-order valence-corrected chi connectivity index (χ0v) is 12.8. The molecule has 1 saturated heterocycles. The van der Waals surface area contributed by atoms with Gasteiger partial charge < -0.3 is 9.64 Å². The fraction of sp³-hybridized carbons (Fsp3) is 0.294. The minimum atomic E-state index is -0.436. The average Bonchev–Trinajstić information content (AvgIpc) is 2.61. The van der Waals surface area contributed by atoms with Crippen LogP contribution in [0.5, 0.6) is 0 Å². The Morgan fingerprint density at radius 1 is 1.17 bits per heavy atom. The van der Waals surface area contributed by atoms with E-state index in [1.54, 1.807) is 4.90 Å². The fourth-order valence-electron chi connectivity index (χ4n) is 2.61. The minimum absolute atomic E-state index is 0.392. The molecule has 0 aliphatic carbocycles. The topological polar surface area (TPSA) is 78.8 Å². The van der Waals surface area contributed by atoms with Gasteiger partial charge >= 0.3 is 6.09 Å². The minimum Gasteiger partial charge on any atom is -0.378 e. The first kappa shape index (κ1) is 15.3. The van der Waals surface area contributed by atoms with Gasteiger partial charge in [-0.2, -0.15) is 0 Å². The Morgan fingerprint density at radius 3 is 2.74 bits per heavy atom. The Bertz CT molecular complexity index is 719. The molecular weight excluding hydrogens is 294 g/mol. The molecule has 0 aromatic heterocycles. The molecule has 0 spiro atoms. The summed E-state index contributed by atoms with van der Waals surface area (Å²) in [6.07, 6.45) is 0.0479. The van der Waals surface area contributed by atoms with Gasteiger partial charge in [0.05, 0.1) is 19.6 Å². The van der Waals surface area contributed by atoms with Crippen LogP contribution in [0.1, 0.15) is 5.56 Å². The first-order valence-corrected chi connectivity index (χ1v) is 7.61. The van der Waals surface area contributed by atoms with Gasteiger partial charge in [0, 0.05) is 13.1 Å². The number of amides is 1. The van der Waals surface area contributed by atoms with Crippen molar-refractivity contribution in [3.8, 4) is 0 Å². The summed E-state index contributed by atoms with van der Waals surface area (Å²) in [7, 11) is 0. The lowest BCUT2D eigenvalue weighted by Gasteiger charge is -2.23. The van der Waals surface area contributed by atoms with E-state index in [0.29, 0.717) is 38.6 Å². The SMILES string of the molecule is NC(Cc1cccc2ccccc12)=[NH+]OC(=O)N1CCOCC1. The molecule has 0 atom stereocenters. The number of hydrogen-bond donors (Lipinski definition) is 2. The number of benzene rings is 2. The molecule has 1 aliphatic rings. The van der Waals surface area contributed by atoms with E-state index in [4.69, 9.17) is 15.3 Å². The van der Waals surface area contributed by atoms with Crippen LogP contribution in [0.15, 0.2) is 42.5 Å². The number of morpholine rings is 1. The number of hydrogen-bond acceptors (Lipinski definition) is 3. The maximum atomic E-state index is 11.9. The van der Waals surface area contributed by atoms with Gasteiger partial charge in [0.2, 0.25) is 0 Å². The molecule has 1 amide bonds. The molecule has 1 fully saturated rings. The van der Waals surface area contributed by atoms with E-state index < -0.39 is 6.09 Å². The summed E-state index contributed by atoms with van der Waals surface area (Å²) in [5, 5.41) is 4.85. The van der Waals surface area contributed by atoms with Gasteiger partial charge in [0.15, 0.2) is 0 Å². The first-order chi connectivity index (χ1) is 11.2. The van der Waals surface area contributed by atoms with Gasteiger partial charge in [0.1, 0.15) is 0 Å². The summed E-state index contributed by atoms with van der Waals surface area (Å²) in [4.78, 5) is 18.5. The molecule has 0 saturated carbocycles. The van der Waals surface area contributed by atoms with Crippen LogP contribution in [0.4, 0.5) is 4.79 Å². The summed E-state index contributed by atoms with van der Waals surface area (Å²) >= 11 is 0. The fourth-order valence-corrected chi connectivity index (χ4v) is 2.61. The van der Waals surface area contributed by atoms with E-state index in [1.807, 2.05) is 24.3 Å². The maximum Gasteiger partial charge on any atom is 0.454 e. The number of amidine groups is 1. The Morgan fingerprint density at radius 2 is 1.91 bits per heavy atom. The summed E-state index contributed by atoms with van der Waals surface area (Å²) < 4.78 is 5.20. The lowest BCUT2D eigenvalue weighted by Crippen LogP contribution is -2.77. The van der Waals surface area contributed by atoms with Crippen molar-refractivity contribution in [2.24, 2.45) is 5.73 Å². The summed E-state index contributed by atoms with van der Waals surface area (Å²) in [6, 6.07) is 14.2. The normalized spacial score (nSPS) is 15.7. The van der Waals surface area contributed by atoms with Crippen LogP contribution >= 0.6 is 0 Å². The third-order valence-electron chi connectivity index (χ3n) is 3.80. The van der Waals surface area contributed by atoms with E-state index in [1.165, 1.54) is 0 Å². The number of rotatable bonds is 3. The van der Waals surface area contributed by atoms with Crippen LogP contribution in [-0.2, 0) is 16.0 Å². The monoisotopic (exact) mass is 314 g/mol. The van der Waals surface area contributed by atoms with Crippen LogP contribution in [0.25, 0.3) is 10.8 Å². The quantitative estimate of drug-likeness (QED) is 0.367. The number of ether oxygens (including phenoxy) is 1. The highest BCUT2D eigenvalue weighted by Gasteiger charge is 2.19. The molecule has 0 unspecified atom stereocenters. The standard InChI is InChI=1S/C17H19N3O3/c18-16(19-23-17(21)20-8-10-22-11-9-20)12-14-6-3-5-13-4-1-2-7-15(13)14/h1-7H,8-12H2,(H2,18,19)/p+1. The second kappa shape index (κ2) is 7.11. The summed E-state index contributed by atoms with van der Waals surface area (Å²) in [6.45, 7) is 2.13. The van der Waals surface area contributed by atoms with Crippen molar-refractivity contribution in [3.05, 3.63) is 48.0 Å². The number of nitrogens with zero attached hydrogens (tertiary/aromatic N) is 1. The molecule has 1 aliphatic heterocycles. The molecular formula is C17H20N3O3+. The van der Waals surface area contributed by atoms with E-state index >= 15 is 0 Å². The molecule has 0 bridgehead atoms. The molecule has 1 heterocycles. The van der Waals surface area contributed by atoms with Crippen LogP contribution in [-0.4, -0.2) is 43.1 Å². The molecule has 3 rings (SSSR count). The predicted octanol–water partition coefficient (Wildman–Crippen LogP) is 0.204. The van der Waals surface area contributed by atoms with Crippen molar-refractivity contribution in [2.75, 3.05) is 26.3 Å². The molecule has 23 heavy (non-hydrogen) atoms. The van der Waals surface area contributed by atoms with Gasteiger partial charge in [0.25, 0.3) is 5.84 Å². The molecule has 120 valence electrons. The molecule has 2 aromatic rings. The van der Waals surface area contributed by atoms with Crippen LogP contribution in [0.3, 0.4) is 0 Å². The number of carbonyl (C=O) groups is 1. The van der Waals surface area contributed by atoms with E-state index in [0.717, 1.165) is 16.3 Å². The third kappa shape index (κ3) is 3.78. The lowest BCUT2D eigenvalue weighted by molar-refractivity contribution is -0.724. The molecule has 3 N–H and O–H groups in total. The summed E-state index contributed by atoms with van der Waals surface area (Å²) in [5.74, 6) is 0.392. The predicted molar refractivity (Wildman–Crippen MR) is 86.7 cm³/mol. The largest absolute Gasteiger partial charge is 0.454 e. The maximum absolute atomic E-state index is 11.9. The average molecular weight is 314 g/mol. The number of carbonyl (C=O) groups excluding carboxylic acids is 1. The molecule has 0 radical (unpaired) electrons. The smallest absolute Gasteiger partial charge is 0.378 e. The second-order valence-corrected chi connectivity index (χ2v) is 5.41. The van der Waals surface area contributed by atoms with Gasteiger partial charge in [-0.15, -0.1) is 0 Å². The number of nitrogens with two attached hydrogens (primary N) is 1. The Hall–Kier alpha value is -2.60. The Labute approximate surface area is 134 Å². The Balaban J connectivity index is 1.65. The van der Waals surface area contributed by atoms with Crippen molar-refractivity contribution in [2.45, 2.75) is 6.42 Å². The molecule has 6 nitrogen and oxygen atoms in total. The molecule has 2 aromatic carbocycles. The van der Waals surface area contributed by atoms with E-state index in [9.17, 15) is 4.79 Å². The van der Waals surface area contributed by atoms with Crippen LogP contribution in [0.2, 0.25) is 0 Å². The van der Waals surface area contributed by atoms with Crippen LogP contribution < -0.4 is 10.9 Å². The number of fused-ring (bicyclic) bond motifs is 1. The van der Waals surface area contributed by atoms with Gasteiger partial charge in [-0.3, -0.25) is 5.73 Å². The zero-order valence-electron chi connectivity index (χ0n) is 12.8. The van der Waals surface area contributed by atoms with Crippen molar-refractivity contribution in [1.82, 2.24) is 4.90 Å². The second-order valence-electron chi connectivity index (χ2n) is 5.41. The zero-order chi connectivity index (χ0) is 16.1. The van der Waals surface area contributed by atoms with Crippen LogP contribution in [0, 0.1) is 0 Å².